The molecular formula is C17H21NO3S. The summed E-state index contributed by atoms with van der Waals surface area (Å²) in [5.74, 6) is 0. The van der Waals surface area contributed by atoms with Gasteiger partial charge in [0.1, 0.15) is 0 Å². The molecule has 0 aliphatic heterocycles. The van der Waals surface area contributed by atoms with Crippen molar-refractivity contribution in [3.05, 3.63) is 53.6 Å². The number of aliphatic hydroxyl groups excluding tert-OH is 1. The Bertz CT molecular complexity index is 750. The van der Waals surface area contributed by atoms with Gasteiger partial charge in [0.2, 0.25) is 0 Å². The van der Waals surface area contributed by atoms with E-state index in [0.29, 0.717) is 4.90 Å². The fourth-order valence-corrected chi connectivity index (χ4v) is 3.04. The smallest absolute Gasteiger partial charge is 0.175 e. The van der Waals surface area contributed by atoms with Crippen molar-refractivity contribution in [2.45, 2.75) is 18.0 Å². The Morgan fingerprint density at radius 1 is 1.05 bits per heavy atom. The molecule has 0 radical (unpaired) electrons. The van der Waals surface area contributed by atoms with E-state index in [0.717, 1.165) is 28.8 Å². The minimum atomic E-state index is -3.19. The summed E-state index contributed by atoms with van der Waals surface area (Å²) in [7, 11) is 0.800. The van der Waals surface area contributed by atoms with Gasteiger partial charge >= 0.3 is 0 Å². The summed E-state index contributed by atoms with van der Waals surface area (Å²) in [6.07, 6.45) is 1.19. The lowest BCUT2D eigenvalue weighted by Crippen LogP contribution is -2.11. The number of aliphatic hydroxyl groups is 1. The third-order valence-electron chi connectivity index (χ3n) is 3.43. The molecule has 0 spiro atoms. The van der Waals surface area contributed by atoms with Crippen LogP contribution in [0.2, 0.25) is 0 Å². The number of hydrogen-bond donors (Lipinski definition) is 1. The number of rotatable bonds is 5. The Hall–Kier alpha value is -1.69. The molecule has 0 atom stereocenters. The van der Waals surface area contributed by atoms with Crippen LogP contribution in [0.1, 0.15) is 11.1 Å². The summed E-state index contributed by atoms with van der Waals surface area (Å²) in [5.41, 5.74) is 3.79. The fraction of sp³-hybridized carbons (Fsp3) is 0.294. The molecule has 0 fully saturated rings. The van der Waals surface area contributed by atoms with E-state index in [1.807, 2.05) is 32.3 Å². The molecule has 1 N–H and O–H groups in total. The topological polar surface area (TPSA) is 57.6 Å². The van der Waals surface area contributed by atoms with Crippen LogP contribution in [0.15, 0.2) is 47.4 Å². The van der Waals surface area contributed by atoms with Gasteiger partial charge in [-0.05, 0) is 48.5 Å². The van der Waals surface area contributed by atoms with Gasteiger partial charge in [-0.3, -0.25) is 0 Å². The zero-order chi connectivity index (χ0) is 16.3. The second-order valence-electron chi connectivity index (χ2n) is 5.68. The van der Waals surface area contributed by atoms with Crippen molar-refractivity contribution in [2.75, 3.05) is 20.4 Å². The first-order chi connectivity index (χ1) is 10.3. The molecule has 22 heavy (non-hydrogen) atoms. The van der Waals surface area contributed by atoms with Crippen LogP contribution in [0.3, 0.4) is 0 Å². The Balaban J connectivity index is 2.39. The van der Waals surface area contributed by atoms with E-state index < -0.39 is 9.84 Å². The van der Waals surface area contributed by atoms with Gasteiger partial charge in [-0.15, -0.1) is 0 Å². The van der Waals surface area contributed by atoms with Gasteiger partial charge in [-0.25, -0.2) is 8.42 Å². The zero-order valence-electron chi connectivity index (χ0n) is 13.1. The number of benzene rings is 2. The standard InChI is InChI=1S/C17H21NO3S/c1-18(2)11-13-4-9-17(15(10-13)12-19)14-5-7-16(8-6-14)22(3,20)21/h4-10,19H,11-12H2,1-3H3. The molecule has 0 bridgehead atoms. The molecular weight excluding hydrogens is 298 g/mol. The van der Waals surface area contributed by atoms with Crippen LogP contribution in [-0.2, 0) is 23.0 Å². The summed E-state index contributed by atoms with van der Waals surface area (Å²) in [5, 5.41) is 9.61. The molecule has 118 valence electrons. The Morgan fingerprint density at radius 3 is 2.18 bits per heavy atom. The van der Waals surface area contributed by atoms with Gasteiger partial charge in [0.15, 0.2) is 9.84 Å². The third kappa shape index (κ3) is 3.94. The van der Waals surface area contributed by atoms with Crippen LogP contribution in [0.5, 0.6) is 0 Å². The monoisotopic (exact) mass is 319 g/mol. The van der Waals surface area contributed by atoms with Crippen LogP contribution in [0.25, 0.3) is 11.1 Å². The first kappa shape index (κ1) is 16.7. The molecule has 4 nitrogen and oxygen atoms in total. The van der Waals surface area contributed by atoms with Crippen LogP contribution in [0, 0.1) is 0 Å². The van der Waals surface area contributed by atoms with Crippen LogP contribution in [0.4, 0.5) is 0 Å². The molecule has 0 amide bonds. The van der Waals surface area contributed by atoms with Crippen molar-refractivity contribution in [3.8, 4) is 11.1 Å². The first-order valence-corrected chi connectivity index (χ1v) is 8.88. The molecule has 0 aromatic heterocycles. The lowest BCUT2D eigenvalue weighted by Gasteiger charge is -2.14. The quantitative estimate of drug-likeness (QED) is 0.919. The summed E-state index contributed by atoms with van der Waals surface area (Å²) < 4.78 is 23.0. The van der Waals surface area contributed by atoms with Crippen molar-refractivity contribution in [1.82, 2.24) is 4.90 Å². The minimum Gasteiger partial charge on any atom is -0.392 e. The molecule has 2 aromatic carbocycles. The second-order valence-corrected chi connectivity index (χ2v) is 7.70. The molecule has 0 heterocycles. The first-order valence-electron chi connectivity index (χ1n) is 6.99. The highest BCUT2D eigenvalue weighted by molar-refractivity contribution is 7.90. The lowest BCUT2D eigenvalue weighted by molar-refractivity contribution is 0.282. The van der Waals surface area contributed by atoms with E-state index in [2.05, 4.69) is 4.90 Å². The average Bonchev–Trinajstić information content (AvgIpc) is 2.45. The van der Waals surface area contributed by atoms with E-state index in [4.69, 9.17) is 0 Å². The van der Waals surface area contributed by atoms with E-state index in [1.54, 1.807) is 24.3 Å². The average molecular weight is 319 g/mol. The normalized spacial score (nSPS) is 11.9. The third-order valence-corrected chi connectivity index (χ3v) is 4.56. The van der Waals surface area contributed by atoms with E-state index >= 15 is 0 Å². The molecule has 0 unspecified atom stereocenters. The maximum atomic E-state index is 11.5. The molecule has 2 rings (SSSR count). The number of nitrogens with zero attached hydrogens (tertiary/aromatic N) is 1. The fourth-order valence-electron chi connectivity index (χ4n) is 2.40. The van der Waals surface area contributed by atoms with Crippen LogP contribution >= 0.6 is 0 Å². The summed E-state index contributed by atoms with van der Waals surface area (Å²) in [6, 6.07) is 12.7. The second kappa shape index (κ2) is 6.60. The van der Waals surface area contributed by atoms with E-state index in [-0.39, 0.29) is 6.61 Å². The summed E-state index contributed by atoms with van der Waals surface area (Å²) in [6.45, 7) is 0.755. The molecule has 5 heteroatoms. The highest BCUT2D eigenvalue weighted by atomic mass is 32.2. The SMILES string of the molecule is CN(C)Cc1ccc(-c2ccc(S(C)(=O)=O)cc2)c(CO)c1. The summed E-state index contributed by atoms with van der Waals surface area (Å²) in [4.78, 5) is 2.36. The Kier molecular flexibility index (Phi) is 5.01. The zero-order valence-corrected chi connectivity index (χ0v) is 13.9. The number of hydrogen-bond acceptors (Lipinski definition) is 4. The molecule has 0 saturated heterocycles. The molecule has 0 saturated carbocycles. The predicted octanol–water partition coefficient (Wildman–Crippen LogP) is 2.31. The lowest BCUT2D eigenvalue weighted by atomic mass is 9.98. The molecule has 2 aromatic rings. The molecule has 0 aliphatic rings. The molecule has 0 aliphatic carbocycles. The highest BCUT2D eigenvalue weighted by Gasteiger charge is 2.10. The maximum Gasteiger partial charge on any atom is 0.175 e. The highest BCUT2D eigenvalue weighted by Crippen LogP contribution is 2.26. The van der Waals surface area contributed by atoms with Crippen molar-refractivity contribution in [1.29, 1.82) is 0 Å². The van der Waals surface area contributed by atoms with Gasteiger partial charge in [-0.1, -0.05) is 30.3 Å². The van der Waals surface area contributed by atoms with Gasteiger partial charge in [0.05, 0.1) is 11.5 Å². The van der Waals surface area contributed by atoms with Gasteiger partial charge in [0.25, 0.3) is 0 Å². The van der Waals surface area contributed by atoms with Gasteiger partial charge < -0.3 is 10.0 Å². The number of sulfone groups is 1. The van der Waals surface area contributed by atoms with Crippen molar-refractivity contribution < 1.29 is 13.5 Å². The summed E-state index contributed by atoms with van der Waals surface area (Å²) >= 11 is 0. The van der Waals surface area contributed by atoms with Crippen molar-refractivity contribution in [2.24, 2.45) is 0 Å². The van der Waals surface area contributed by atoms with Crippen molar-refractivity contribution >= 4 is 9.84 Å². The van der Waals surface area contributed by atoms with Gasteiger partial charge in [0, 0.05) is 12.8 Å². The van der Waals surface area contributed by atoms with Crippen LogP contribution < -0.4 is 0 Å². The Morgan fingerprint density at radius 2 is 1.68 bits per heavy atom. The maximum absolute atomic E-state index is 11.5. The minimum absolute atomic E-state index is 0.0512. The van der Waals surface area contributed by atoms with Gasteiger partial charge in [-0.2, -0.15) is 0 Å². The van der Waals surface area contributed by atoms with E-state index in [1.165, 1.54) is 6.26 Å². The van der Waals surface area contributed by atoms with Crippen LogP contribution in [-0.4, -0.2) is 38.8 Å². The predicted molar refractivity (Wildman–Crippen MR) is 88.3 cm³/mol. The van der Waals surface area contributed by atoms with Crippen molar-refractivity contribution in [3.63, 3.8) is 0 Å². The Labute approximate surface area is 131 Å². The van der Waals surface area contributed by atoms with E-state index in [9.17, 15) is 13.5 Å². The largest absolute Gasteiger partial charge is 0.392 e.